The number of ether oxygens (including phenoxy) is 1. The van der Waals surface area contributed by atoms with Crippen LogP contribution in [0.2, 0.25) is 0 Å². The Hall–Kier alpha value is -2.35. The Morgan fingerprint density at radius 3 is 2.54 bits per heavy atom. The number of carbonyl (C=O) groups is 2. The molecule has 0 radical (unpaired) electrons. The van der Waals surface area contributed by atoms with Gasteiger partial charge < -0.3 is 25.6 Å². The van der Waals surface area contributed by atoms with Gasteiger partial charge in [0.15, 0.2) is 0 Å². The van der Waals surface area contributed by atoms with E-state index in [1.54, 1.807) is 30.3 Å². The average Bonchev–Trinajstić information content (AvgIpc) is 2.52. The zero-order valence-electron chi connectivity index (χ0n) is 14.6. The minimum Gasteiger partial charge on any atom is -0.444 e. The summed E-state index contributed by atoms with van der Waals surface area (Å²) in [6.07, 6.45) is 0.901. The first-order valence-electron chi connectivity index (χ1n) is 7.89. The number of rotatable bonds is 2. The zero-order valence-corrected chi connectivity index (χ0v) is 14.6. The number of nitrogens with zero attached hydrogens (tertiary/aromatic N) is 3. The lowest BCUT2D eigenvalue weighted by Crippen LogP contribution is -2.59. The quantitative estimate of drug-likeness (QED) is 0.828. The van der Waals surface area contributed by atoms with Gasteiger partial charge in [0, 0.05) is 20.1 Å². The van der Waals surface area contributed by atoms with E-state index in [1.165, 1.54) is 0 Å². The van der Waals surface area contributed by atoms with Crippen LogP contribution in [0.3, 0.4) is 0 Å². The molecular weight excluding hydrogens is 310 g/mol. The number of aromatic nitrogens is 1. The van der Waals surface area contributed by atoms with Crippen LogP contribution in [0, 0.1) is 0 Å². The van der Waals surface area contributed by atoms with Crippen LogP contribution in [0.25, 0.3) is 0 Å². The van der Waals surface area contributed by atoms with Gasteiger partial charge in [-0.25, -0.2) is 9.78 Å². The molecule has 24 heavy (non-hydrogen) atoms. The molecule has 0 spiro atoms. The normalized spacial score (nSPS) is 18.3. The number of anilines is 1. The lowest BCUT2D eigenvalue weighted by molar-refractivity contribution is 0.0215. The Balaban J connectivity index is 2.01. The molecular formula is C16H25N5O3. The Bertz CT molecular complexity index is 597. The number of piperazine rings is 1. The Morgan fingerprint density at radius 1 is 1.33 bits per heavy atom. The van der Waals surface area contributed by atoms with Gasteiger partial charge in [-0.2, -0.15) is 0 Å². The molecule has 1 atom stereocenters. The zero-order chi connectivity index (χ0) is 17.9. The Morgan fingerprint density at radius 2 is 2.04 bits per heavy atom. The molecule has 1 fully saturated rings. The standard InChI is InChI=1S/C16H25N5O3/c1-16(2,3)24-15(23)20-7-8-21(13(17)10-20)11-5-6-12(19-9-11)14(22)18-4/h5-6,9,13H,7-8,10,17H2,1-4H3,(H,18,22)/t13-/m1/s1. The van der Waals surface area contributed by atoms with Crippen molar-refractivity contribution in [3.8, 4) is 0 Å². The van der Waals surface area contributed by atoms with Crippen molar-refractivity contribution in [2.75, 3.05) is 31.6 Å². The van der Waals surface area contributed by atoms with Crippen LogP contribution in [-0.2, 0) is 4.74 Å². The summed E-state index contributed by atoms with van der Waals surface area (Å²) in [5, 5.41) is 2.53. The van der Waals surface area contributed by atoms with Gasteiger partial charge in [-0.05, 0) is 32.9 Å². The predicted octanol–water partition coefficient (Wildman–Crippen LogP) is 0.783. The van der Waals surface area contributed by atoms with Gasteiger partial charge in [-0.15, -0.1) is 0 Å². The number of hydrogen-bond acceptors (Lipinski definition) is 6. The highest BCUT2D eigenvalue weighted by molar-refractivity contribution is 5.92. The number of nitrogens with two attached hydrogens (primary N) is 1. The summed E-state index contributed by atoms with van der Waals surface area (Å²) in [5.41, 5.74) is 6.83. The summed E-state index contributed by atoms with van der Waals surface area (Å²) < 4.78 is 5.38. The maximum atomic E-state index is 12.1. The van der Waals surface area contributed by atoms with Crippen LogP contribution in [-0.4, -0.2) is 60.3 Å². The largest absolute Gasteiger partial charge is 0.444 e. The first-order valence-corrected chi connectivity index (χ1v) is 7.89. The fraction of sp³-hybridized carbons (Fsp3) is 0.562. The lowest BCUT2D eigenvalue weighted by atomic mass is 10.2. The molecule has 0 saturated carbocycles. The van der Waals surface area contributed by atoms with Crippen LogP contribution in [0.4, 0.5) is 10.5 Å². The molecule has 1 aliphatic rings. The summed E-state index contributed by atoms with van der Waals surface area (Å²) >= 11 is 0. The third-order valence-electron chi connectivity index (χ3n) is 3.61. The highest BCUT2D eigenvalue weighted by Crippen LogP contribution is 2.19. The lowest BCUT2D eigenvalue weighted by Gasteiger charge is -2.40. The van der Waals surface area contributed by atoms with Gasteiger partial charge in [0.1, 0.15) is 11.3 Å². The topological polar surface area (TPSA) is 101 Å². The number of nitrogens with one attached hydrogen (secondary N) is 1. The van der Waals surface area contributed by atoms with Gasteiger partial charge in [0.25, 0.3) is 5.91 Å². The first kappa shape index (κ1) is 18.0. The molecule has 2 rings (SSSR count). The predicted molar refractivity (Wildman–Crippen MR) is 90.8 cm³/mol. The maximum Gasteiger partial charge on any atom is 0.410 e. The summed E-state index contributed by atoms with van der Waals surface area (Å²) in [5.74, 6) is -0.236. The second-order valence-corrected chi connectivity index (χ2v) is 6.67. The van der Waals surface area contributed by atoms with E-state index < -0.39 is 5.60 Å². The molecule has 8 nitrogen and oxygen atoms in total. The van der Waals surface area contributed by atoms with Crippen LogP contribution in [0.15, 0.2) is 18.3 Å². The molecule has 1 aromatic rings. The third-order valence-corrected chi connectivity index (χ3v) is 3.61. The second-order valence-electron chi connectivity index (χ2n) is 6.67. The average molecular weight is 335 g/mol. The molecule has 0 aromatic carbocycles. The van der Waals surface area contributed by atoms with Crippen molar-refractivity contribution in [1.29, 1.82) is 0 Å². The van der Waals surface area contributed by atoms with Gasteiger partial charge >= 0.3 is 6.09 Å². The molecule has 0 aliphatic carbocycles. The number of pyridine rings is 1. The molecule has 132 valence electrons. The second kappa shape index (κ2) is 7.04. The fourth-order valence-corrected chi connectivity index (χ4v) is 2.44. The first-order chi connectivity index (χ1) is 11.2. The monoisotopic (exact) mass is 335 g/mol. The SMILES string of the molecule is CNC(=O)c1ccc(N2CCN(C(=O)OC(C)(C)C)C[C@@H]2N)cn1. The van der Waals surface area contributed by atoms with Crippen LogP contribution >= 0.6 is 0 Å². The van der Waals surface area contributed by atoms with Crippen molar-refractivity contribution in [3.05, 3.63) is 24.0 Å². The van der Waals surface area contributed by atoms with Gasteiger partial charge in [-0.1, -0.05) is 0 Å². The molecule has 1 aliphatic heterocycles. The number of amides is 2. The Kier molecular flexibility index (Phi) is 5.28. The molecule has 0 bridgehead atoms. The molecule has 8 heteroatoms. The molecule has 1 aromatic heterocycles. The van der Waals surface area contributed by atoms with Crippen molar-refractivity contribution < 1.29 is 14.3 Å². The van der Waals surface area contributed by atoms with E-state index >= 15 is 0 Å². The fourth-order valence-electron chi connectivity index (χ4n) is 2.44. The molecule has 3 N–H and O–H groups in total. The van der Waals surface area contributed by atoms with Crippen LogP contribution in [0.1, 0.15) is 31.3 Å². The van der Waals surface area contributed by atoms with Gasteiger partial charge in [-0.3, -0.25) is 4.79 Å². The van der Waals surface area contributed by atoms with Crippen LogP contribution < -0.4 is 16.0 Å². The Labute approximate surface area is 142 Å². The van der Waals surface area contributed by atoms with Crippen molar-refractivity contribution >= 4 is 17.7 Å². The smallest absolute Gasteiger partial charge is 0.410 e. The molecule has 2 amide bonds. The third kappa shape index (κ3) is 4.35. The van der Waals surface area contributed by atoms with Gasteiger partial charge in [0.05, 0.1) is 24.6 Å². The summed E-state index contributed by atoms with van der Waals surface area (Å²) in [6.45, 7) is 6.95. The van der Waals surface area contributed by atoms with E-state index in [2.05, 4.69) is 10.3 Å². The summed E-state index contributed by atoms with van der Waals surface area (Å²) in [7, 11) is 1.56. The van der Waals surface area contributed by atoms with E-state index in [-0.39, 0.29) is 18.2 Å². The minimum absolute atomic E-state index is 0.236. The van der Waals surface area contributed by atoms with E-state index in [9.17, 15) is 9.59 Å². The van der Waals surface area contributed by atoms with E-state index in [4.69, 9.17) is 10.5 Å². The highest BCUT2D eigenvalue weighted by atomic mass is 16.6. The van der Waals surface area contributed by atoms with E-state index in [0.717, 1.165) is 5.69 Å². The summed E-state index contributed by atoms with van der Waals surface area (Å²) in [6, 6.07) is 3.46. The minimum atomic E-state index is -0.530. The van der Waals surface area contributed by atoms with Gasteiger partial charge in [0.2, 0.25) is 0 Å². The molecule has 0 unspecified atom stereocenters. The molecule has 2 heterocycles. The van der Waals surface area contributed by atoms with E-state index in [1.807, 2.05) is 25.7 Å². The van der Waals surface area contributed by atoms with Crippen molar-refractivity contribution in [2.24, 2.45) is 5.73 Å². The van der Waals surface area contributed by atoms with Crippen LogP contribution in [0.5, 0.6) is 0 Å². The number of carbonyl (C=O) groups excluding carboxylic acids is 2. The maximum absolute atomic E-state index is 12.1. The van der Waals surface area contributed by atoms with Crippen molar-refractivity contribution in [3.63, 3.8) is 0 Å². The highest BCUT2D eigenvalue weighted by Gasteiger charge is 2.30. The number of hydrogen-bond donors (Lipinski definition) is 2. The summed E-state index contributed by atoms with van der Waals surface area (Å²) in [4.78, 5) is 31.4. The van der Waals surface area contributed by atoms with Crippen molar-refractivity contribution in [1.82, 2.24) is 15.2 Å². The molecule has 1 saturated heterocycles. The van der Waals surface area contributed by atoms with Crippen molar-refractivity contribution in [2.45, 2.75) is 32.5 Å². The van der Waals surface area contributed by atoms with E-state index in [0.29, 0.717) is 25.3 Å².